The van der Waals surface area contributed by atoms with Crippen LogP contribution in [0, 0.1) is 30.0 Å². The fourth-order valence-corrected chi connectivity index (χ4v) is 6.79. The lowest BCUT2D eigenvalue weighted by Crippen LogP contribution is -2.42. The Morgan fingerprint density at radius 3 is 2.58 bits per heavy atom. The number of hydrogen-bond acceptors (Lipinski definition) is 2. The van der Waals surface area contributed by atoms with Crippen molar-refractivity contribution in [1.29, 1.82) is 0 Å². The van der Waals surface area contributed by atoms with Crippen LogP contribution >= 0.6 is 0 Å². The van der Waals surface area contributed by atoms with Crippen LogP contribution in [0.25, 0.3) is 16.7 Å². The Hall–Kier alpha value is -3.62. The number of rotatable bonds is 9. The minimum atomic E-state index is -0.209. The lowest BCUT2D eigenvalue weighted by Gasteiger charge is -2.32. The van der Waals surface area contributed by atoms with Gasteiger partial charge in [0, 0.05) is 12.2 Å². The maximum atomic E-state index is 14.2. The van der Waals surface area contributed by atoms with E-state index in [0.29, 0.717) is 23.1 Å². The SMILES string of the molecule is C=C=C1C=CC(c2cccc(CC)c2-c2ccc(F)c(C)c2)=CN1C(=CC)C(=O)NC(CC1CCCC1C)CC(C)(C)C. The highest BCUT2D eigenvalue weighted by Crippen LogP contribution is 2.38. The normalized spacial score (nSPS) is 19.7. The lowest BCUT2D eigenvalue weighted by molar-refractivity contribution is -0.119. The Balaban J connectivity index is 1.70. The van der Waals surface area contributed by atoms with Crippen LogP contribution in [-0.4, -0.2) is 16.8 Å². The molecule has 0 radical (unpaired) electrons. The summed E-state index contributed by atoms with van der Waals surface area (Å²) in [7, 11) is 0. The molecule has 1 N–H and O–H groups in total. The second kappa shape index (κ2) is 13.8. The molecule has 228 valence electrons. The number of allylic oxidation sites excluding steroid dienone is 4. The molecule has 1 aliphatic carbocycles. The molecule has 0 spiro atoms. The van der Waals surface area contributed by atoms with Crippen LogP contribution in [0.1, 0.15) is 90.3 Å². The first-order valence-electron chi connectivity index (χ1n) is 15.9. The summed E-state index contributed by atoms with van der Waals surface area (Å²) >= 11 is 0. The van der Waals surface area contributed by atoms with E-state index < -0.39 is 0 Å². The predicted octanol–water partition coefficient (Wildman–Crippen LogP) is 9.90. The molecule has 3 unspecified atom stereocenters. The van der Waals surface area contributed by atoms with Gasteiger partial charge in [-0.3, -0.25) is 4.79 Å². The van der Waals surface area contributed by atoms with E-state index >= 15 is 0 Å². The molecule has 3 nitrogen and oxygen atoms in total. The summed E-state index contributed by atoms with van der Waals surface area (Å²) in [4.78, 5) is 15.9. The number of nitrogens with one attached hydrogen (secondary N) is 1. The summed E-state index contributed by atoms with van der Waals surface area (Å²) in [6.45, 7) is 18.9. The number of carbonyl (C=O) groups excluding carboxylic acids is 1. The molecule has 1 aliphatic heterocycles. The van der Waals surface area contributed by atoms with Gasteiger partial charge in [-0.25, -0.2) is 4.39 Å². The third kappa shape index (κ3) is 7.67. The van der Waals surface area contributed by atoms with Crippen LogP contribution in [0.3, 0.4) is 0 Å². The first-order valence-corrected chi connectivity index (χ1v) is 15.9. The Morgan fingerprint density at radius 2 is 1.98 bits per heavy atom. The third-order valence-electron chi connectivity index (χ3n) is 9.00. The summed E-state index contributed by atoms with van der Waals surface area (Å²) in [6.07, 6.45) is 14.5. The van der Waals surface area contributed by atoms with Crippen LogP contribution in [0.4, 0.5) is 4.39 Å². The van der Waals surface area contributed by atoms with Gasteiger partial charge in [0.2, 0.25) is 0 Å². The van der Waals surface area contributed by atoms with Crippen LogP contribution < -0.4 is 5.32 Å². The van der Waals surface area contributed by atoms with Gasteiger partial charge in [-0.2, -0.15) is 0 Å². The predicted molar refractivity (Wildman–Crippen MR) is 178 cm³/mol. The monoisotopic (exact) mass is 580 g/mol. The summed E-state index contributed by atoms with van der Waals surface area (Å²) < 4.78 is 14.2. The highest BCUT2D eigenvalue weighted by molar-refractivity contribution is 5.95. The first-order chi connectivity index (χ1) is 20.4. The van der Waals surface area contributed by atoms with E-state index in [1.807, 2.05) is 48.4 Å². The van der Waals surface area contributed by atoms with Gasteiger partial charge >= 0.3 is 0 Å². The molecule has 1 fully saturated rings. The molecule has 1 amide bonds. The summed E-state index contributed by atoms with van der Waals surface area (Å²) in [5.41, 5.74) is 10.3. The Kier molecular flexibility index (Phi) is 10.4. The Bertz CT molecular complexity index is 1480. The molecule has 2 aromatic carbocycles. The molecule has 3 atom stereocenters. The number of benzene rings is 2. The van der Waals surface area contributed by atoms with Gasteiger partial charge < -0.3 is 10.2 Å². The average Bonchev–Trinajstić information content (AvgIpc) is 3.37. The lowest BCUT2D eigenvalue weighted by atomic mass is 9.82. The van der Waals surface area contributed by atoms with Crippen molar-refractivity contribution in [1.82, 2.24) is 10.2 Å². The van der Waals surface area contributed by atoms with Gasteiger partial charge in [0.05, 0.1) is 5.70 Å². The second-order valence-electron chi connectivity index (χ2n) is 13.5. The van der Waals surface area contributed by atoms with Crippen molar-refractivity contribution in [2.75, 3.05) is 0 Å². The second-order valence-corrected chi connectivity index (χ2v) is 13.5. The molecule has 43 heavy (non-hydrogen) atoms. The molecule has 0 aromatic heterocycles. The Morgan fingerprint density at radius 1 is 1.21 bits per heavy atom. The molecule has 1 heterocycles. The first kappa shape index (κ1) is 32.3. The quantitative estimate of drug-likeness (QED) is 0.236. The Labute approximate surface area is 259 Å². The van der Waals surface area contributed by atoms with Gasteiger partial charge in [-0.05, 0) is 102 Å². The summed E-state index contributed by atoms with van der Waals surface area (Å²) in [5.74, 6) is 1.05. The standard InChI is InChI=1S/C39H49FN2O/c1-9-28-15-13-17-34(37(28)30-19-21-35(40)27(5)22-30)31-18-20-33(10-2)42(25-31)36(11-3)38(43)41-32(24-39(6,7)8)23-29-16-12-14-26(29)4/h11,13,15,17-22,25-26,29,32H,2,9,12,14,16,23-24H2,1,3-8H3,(H,41,43). The fourth-order valence-electron chi connectivity index (χ4n) is 6.79. The van der Waals surface area contributed by atoms with Gasteiger partial charge in [0.1, 0.15) is 11.5 Å². The fraction of sp³-hybridized carbons (Fsp3) is 0.436. The third-order valence-corrected chi connectivity index (χ3v) is 9.00. The highest BCUT2D eigenvalue weighted by atomic mass is 19.1. The topological polar surface area (TPSA) is 32.3 Å². The van der Waals surface area contributed by atoms with Crippen molar-refractivity contribution in [3.05, 3.63) is 107 Å². The zero-order valence-electron chi connectivity index (χ0n) is 27.2. The van der Waals surface area contributed by atoms with Crippen LogP contribution in [-0.2, 0) is 11.2 Å². The van der Waals surface area contributed by atoms with Crippen molar-refractivity contribution in [3.8, 4) is 11.1 Å². The van der Waals surface area contributed by atoms with Crippen molar-refractivity contribution in [3.63, 3.8) is 0 Å². The van der Waals surface area contributed by atoms with Gasteiger partial charge in [-0.15, -0.1) is 5.73 Å². The van der Waals surface area contributed by atoms with E-state index in [0.717, 1.165) is 47.2 Å². The summed E-state index contributed by atoms with van der Waals surface area (Å²) in [6, 6.07) is 11.7. The number of carbonyl (C=O) groups is 1. The smallest absolute Gasteiger partial charge is 0.268 e. The molecule has 4 heteroatoms. The van der Waals surface area contributed by atoms with E-state index in [-0.39, 0.29) is 23.2 Å². The molecule has 4 rings (SSSR count). The minimum absolute atomic E-state index is 0.0854. The zero-order valence-corrected chi connectivity index (χ0v) is 27.2. The number of nitrogens with zero attached hydrogens (tertiary/aromatic N) is 1. The molecular formula is C39H49FN2O. The van der Waals surface area contributed by atoms with E-state index in [2.05, 4.69) is 70.4 Å². The van der Waals surface area contributed by atoms with Crippen molar-refractivity contribution < 1.29 is 9.18 Å². The number of aryl methyl sites for hydroxylation is 2. The van der Waals surface area contributed by atoms with Gasteiger partial charge in [0.15, 0.2) is 0 Å². The van der Waals surface area contributed by atoms with E-state index in [1.54, 1.807) is 13.0 Å². The van der Waals surface area contributed by atoms with E-state index in [9.17, 15) is 9.18 Å². The molecular weight excluding hydrogens is 531 g/mol. The van der Waals surface area contributed by atoms with Crippen LogP contribution in [0.15, 0.2) is 84.5 Å². The van der Waals surface area contributed by atoms with Gasteiger partial charge in [-0.1, -0.05) is 96.9 Å². The number of hydrogen-bond donors (Lipinski definition) is 1. The van der Waals surface area contributed by atoms with Crippen LogP contribution in [0.5, 0.6) is 0 Å². The summed E-state index contributed by atoms with van der Waals surface area (Å²) in [5, 5.41) is 3.44. The maximum Gasteiger partial charge on any atom is 0.268 e. The molecule has 0 saturated heterocycles. The zero-order chi connectivity index (χ0) is 31.3. The number of halogens is 1. The largest absolute Gasteiger partial charge is 0.348 e. The molecule has 0 bridgehead atoms. The molecule has 1 saturated carbocycles. The van der Waals surface area contributed by atoms with Crippen molar-refractivity contribution in [2.45, 2.75) is 93.0 Å². The highest BCUT2D eigenvalue weighted by Gasteiger charge is 2.31. The maximum absolute atomic E-state index is 14.2. The van der Waals surface area contributed by atoms with Crippen molar-refractivity contribution >= 4 is 11.5 Å². The number of amides is 1. The van der Waals surface area contributed by atoms with E-state index in [1.165, 1.54) is 24.8 Å². The van der Waals surface area contributed by atoms with Crippen molar-refractivity contribution in [2.24, 2.45) is 17.3 Å². The minimum Gasteiger partial charge on any atom is -0.348 e. The average molecular weight is 581 g/mol. The van der Waals surface area contributed by atoms with Crippen LogP contribution in [0.2, 0.25) is 0 Å². The van der Waals surface area contributed by atoms with Gasteiger partial charge in [0.25, 0.3) is 5.91 Å². The molecule has 2 aliphatic rings. The van der Waals surface area contributed by atoms with E-state index in [4.69, 9.17) is 0 Å². The molecule has 2 aromatic rings.